The number of carboxylic acid groups (broad SMARTS) is 1. The molecule has 0 saturated heterocycles. The first kappa shape index (κ1) is 13.6. The number of carboxylic acids is 1. The normalized spacial score (nSPS) is 10.7. The maximum Gasteiger partial charge on any atom is 0.328 e. The molecule has 1 heterocycles. The van der Waals surface area contributed by atoms with Crippen LogP contribution < -0.4 is 5.32 Å². The van der Waals surface area contributed by atoms with Gasteiger partial charge in [-0.25, -0.2) is 4.79 Å². The van der Waals surface area contributed by atoms with E-state index in [2.05, 4.69) is 5.32 Å². The second-order valence-corrected chi connectivity index (χ2v) is 4.14. The highest BCUT2D eigenvalue weighted by Gasteiger charge is 2.11. The number of aryl methyl sites for hydroxylation is 1. The predicted molar refractivity (Wildman–Crippen MR) is 74.5 cm³/mol. The molecule has 0 aliphatic carbocycles. The number of hydrogen-bond acceptors (Lipinski definition) is 3. The van der Waals surface area contributed by atoms with Crippen molar-refractivity contribution in [1.29, 1.82) is 0 Å². The van der Waals surface area contributed by atoms with Gasteiger partial charge in [0.15, 0.2) is 0 Å². The van der Waals surface area contributed by atoms with Crippen LogP contribution in [0.2, 0.25) is 0 Å². The maximum atomic E-state index is 12.0. The minimum Gasteiger partial charge on any atom is -0.478 e. The zero-order chi connectivity index (χ0) is 14.5. The SMILES string of the molecule is Cc1occc1C(=O)Nc1cccc(/C=C/C(=O)O)c1. The third-order valence-corrected chi connectivity index (χ3v) is 2.67. The van der Waals surface area contributed by atoms with Crippen molar-refractivity contribution in [3.63, 3.8) is 0 Å². The molecule has 1 aromatic heterocycles. The fourth-order valence-electron chi connectivity index (χ4n) is 1.71. The van der Waals surface area contributed by atoms with Crippen molar-refractivity contribution in [2.75, 3.05) is 5.32 Å². The average Bonchev–Trinajstić information content (AvgIpc) is 2.83. The minimum atomic E-state index is -1.02. The fraction of sp³-hybridized carbons (Fsp3) is 0.0667. The Kier molecular flexibility index (Phi) is 4.00. The number of hydrogen-bond donors (Lipinski definition) is 2. The van der Waals surface area contributed by atoms with Gasteiger partial charge in [0.05, 0.1) is 11.8 Å². The van der Waals surface area contributed by atoms with Crippen LogP contribution in [0.25, 0.3) is 6.08 Å². The van der Waals surface area contributed by atoms with E-state index in [4.69, 9.17) is 9.52 Å². The van der Waals surface area contributed by atoms with Gasteiger partial charge in [0, 0.05) is 11.8 Å². The van der Waals surface area contributed by atoms with Gasteiger partial charge in [-0.2, -0.15) is 0 Å². The highest BCUT2D eigenvalue weighted by Crippen LogP contribution is 2.15. The summed E-state index contributed by atoms with van der Waals surface area (Å²) in [7, 11) is 0. The first-order valence-corrected chi connectivity index (χ1v) is 5.93. The molecule has 2 rings (SSSR count). The summed E-state index contributed by atoms with van der Waals surface area (Å²) in [5.74, 6) is -0.742. The van der Waals surface area contributed by atoms with Crippen LogP contribution in [0.3, 0.4) is 0 Å². The summed E-state index contributed by atoms with van der Waals surface area (Å²) in [5, 5.41) is 11.3. The number of carbonyl (C=O) groups is 2. The highest BCUT2D eigenvalue weighted by molar-refractivity contribution is 6.05. The molecule has 0 radical (unpaired) electrons. The van der Waals surface area contributed by atoms with Crippen LogP contribution in [0.4, 0.5) is 5.69 Å². The number of furan rings is 1. The molecule has 0 fully saturated rings. The Balaban J connectivity index is 2.14. The zero-order valence-electron chi connectivity index (χ0n) is 10.8. The summed E-state index contributed by atoms with van der Waals surface area (Å²) >= 11 is 0. The minimum absolute atomic E-state index is 0.268. The number of anilines is 1. The Bertz CT molecular complexity index is 670. The van der Waals surface area contributed by atoms with Crippen molar-refractivity contribution < 1.29 is 19.1 Å². The van der Waals surface area contributed by atoms with Gasteiger partial charge in [0.25, 0.3) is 5.91 Å². The lowest BCUT2D eigenvalue weighted by molar-refractivity contribution is -0.131. The number of amides is 1. The van der Waals surface area contributed by atoms with Crippen LogP contribution in [0.5, 0.6) is 0 Å². The molecule has 0 bridgehead atoms. The first-order valence-electron chi connectivity index (χ1n) is 5.93. The number of rotatable bonds is 4. The Morgan fingerprint density at radius 3 is 2.75 bits per heavy atom. The van der Waals surface area contributed by atoms with Crippen molar-refractivity contribution in [1.82, 2.24) is 0 Å². The topological polar surface area (TPSA) is 79.5 Å². The first-order chi connectivity index (χ1) is 9.56. The van der Waals surface area contributed by atoms with E-state index in [0.29, 0.717) is 22.6 Å². The summed E-state index contributed by atoms with van der Waals surface area (Å²) in [6.45, 7) is 1.71. The molecule has 2 aromatic rings. The second kappa shape index (κ2) is 5.88. The molecule has 0 atom stereocenters. The van der Waals surface area contributed by atoms with E-state index in [1.165, 1.54) is 12.3 Å². The van der Waals surface area contributed by atoms with E-state index < -0.39 is 5.97 Å². The second-order valence-electron chi connectivity index (χ2n) is 4.14. The van der Waals surface area contributed by atoms with Gasteiger partial charge in [-0.15, -0.1) is 0 Å². The van der Waals surface area contributed by atoms with Gasteiger partial charge >= 0.3 is 5.97 Å². The van der Waals surface area contributed by atoms with Gasteiger partial charge in [0.2, 0.25) is 0 Å². The molecule has 5 nitrogen and oxygen atoms in total. The Morgan fingerprint density at radius 2 is 2.10 bits per heavy atom. The number of carbonyl (C=O) groups excluding carboxylic acids is 1. The molecular weight excluding hydrogens is 258 g/mol. The van der Waals surface area contributed by atoms with Gasteiger partial charge in [-0.3, -0.25) is 4.79 Å². The Morgan fingerprint density at radius 1 is 1.30 bits per heavy atom. The average molecular weight is 271 g/mol. The van der Waals surface area contributed by atoms with E-state index in [-0.39, 0.29) is 5.91 Å². The van der Waals surface area contributed by atoms with Crippen molar-refractivity contribution in [3.05, 3.63) is 59.6 Å². The van der Waals surface area contributed by atoms with Crippen LogP contribution >= 0.6 is 0 Å². The van der Waals surface area contributed by atoms with E-state index >= 15 is 0 Å². The van der Waals surface area contributed by atoms with Crippen LogP contribution in [0.15, 0.2) is 47.1 Å². The lowest BCUT2D eigenvalue weighted by atomic mass is 10.1. The summed E-state index contributed by atoms with van der Waals surface area (Å²) in [6, 6.07) is 8.49. The van der Waals surface area contributed by atoms with E-state index in [1.807, 2.05) is 0 Å². The lowest BCUT2D eigenvalue weighted by Gasteiger charge is -2.05. The van der Waals surface area contributed by atoms with E-state index in [1.54, 1.807) is 37.3 Å². The molecule has 0 aliphatic rings. The van der Waals surface area contributed by atoms with Crippen molar-refractivity contribution >= 4 is 23.6 Å². The molecule has 1 amide bonds. The van der Waals surface area contributed by atoms with Crippen LogP contribution in [-0.2, 0) is 4.79 Å². The van der Waals surface area contributed by atoms with Gasteiger partial charge in [-0.1, -0.05) is 12.1 Å². The van der Waals surface area contributed by atoms with Gasteiger partial charge in [0.1, 0.15) is 5.76 Å². The molecule has 0 saturated carbocycles. The van der Waals surface area contributed by atoms with Crippen LogP contribution in [0, 0.1) is 6.92 Å². The highest BCUT2D eigenvalue weighted by atomic mass is 16.4. The van der Waals surface area contributed by atoms with E-state index in [0.717, 1.165) is 6.08 Å². The quantitative estimate of drug-likeness (QED) is 0.838. The van der Waals surface area contributed by atoms with Gasteiger partial charge < -0.3 is 14.8 Å². The van der Waals surface area contributed by atoms with Crippen LogP contribution in [0.1, 0.15) is 21.7 Å². The lowest BCUT2D eigenvalue weighted by Crippen LogP contribution is -2.12. The largest absolute Gasteiger partial charge is 0.478 e. The number of benzene rings is 1. The summed E-state index contributed by atoms with van der Waals surface area (Å²) in [6.07, 6.45) is 3.96. The van der Waals surface area contributed by atoms with Crippen LogP contribution in [-0.4, -0.2) is 17.0 Å². The molecule has 2 N–H and O–H groups in total. The molecule has 102 valence electrons. The number of nitrogens with one attached hydrogen (secondary N) is 1. The number of aliphatic carboxylic acids is 1. The molecule has 0 unspecified atom stereocenters. The predicted octanol–water partition coefficient (Wildman–Crippen LogP) is 2.94. The molecule has 5 heteroatoms. The standard InChI is InChI=1S/C15H13NO4/c1-10-13(7-8-20-10)15(19)16-12-4-2-3-11(9-12)5-6-14(17)18/h2-9H,1H3,(H,16,19)(H,17,18)/b6-5+. The summed E-state index contributed by atoms with van der Waals surface area (Å²) < 4.78 is 5.07. The van der Waals surface area contributed by atoms with Crippen molar-refractivity contribution in [3.8, 4) is 0 Å². The molecule has 1 aromatic carbocycles. The van der Waals surface area contributed by atoms with Gasteiger partial charge in [-0.05, 0) is 36.8 Å². The van der Waals surface area contributed by atoms with Crippen molar-refractivity contribution in [2.24, 2.45) is 0 Å². The zero-order valence-corrected chi connectivity index (χ0v) is 10.8. The maximum absolute atomic E-state index is 12.0. The summed E-state index contributed by atoms with van der Waals surface area (Å²) in [4.78, 5) is 22.5. The fourth-order valence-corrected chi connectivity index (χ4v) is 1.71. The molecule has 20 heavy (non-hydrogen) atoms. The summed E-state index contributed by atoms with van der Waals surface area (Å²) in [5.41, 5.74) is 1.74. The van der Waals surface area contributed by atoms with E-state index in [9.17, 15) is 9.59 Å². The molecule has 0 aliphatic heterocycles. The Labute approximate surface area is 115 Å². The third kappa shape index (κ3) is 3.35. The molecular formula is C15H13NO4. The third-order valence-electron chi connectivity index (χ3n) is 2.67. The molecule has 0 spiro atoms. The van der Waals surface area contributed by atoms with Crippen molar-refractivity contribution in [2.45, 2.75) is 6.92 Å². The Hall–Kier alpha value is -2.82. The monoisotopic (exact) mass is 271 g/mol. The smallest absolute Gasteiger partial charge is 0.328 e.